The molecule has 1 saturated heterocycles. The first-order chi connectivity index (χ1) is 7.43. The van der Waals surface area contributed by atoms with Crippen molar-refractivity contribution in [2.75, 3.05) is 25.4 Å². The van der Waals surface area contributed by atoms with E-state index in [9.17, 15) is 13.2 Å². The lowest BCUT2D eigenvalue weighted by molar-refractivity contribution is -0.120. The molecule has 0 aromatic heterocycles. The lowest BCUT2D eigenvalue weighted by Gasteiger charge is -2.29. The van der Waals surface area contributed by atoms with Crippen LogP contribution >= 0.6 is 0 Å². The molecule has 94 valence electrons. The number of hydrogen-bond acceptors (Lipinski definition) is 5. The molecule has 1 aliphatic rings. The molecule has 1 amide bonds. The first-order valence-corrected chi connectivity index (χ1v) is 7.09. The Morgan fingerprint density at radius 2 is 2.00 bits per heavy atom. The summed E-state index contributed by atoms with van der Waals surface area (Å²) >= 11 is 0. The summed E-state index contributed by atoms with van der Waals surface area (Å²) in [5, 5.41) is 0. The van der Waals surface area contributed by atoms with E-state index >= 15 is 0 Å². The third-order valence-corrected chi connectivity index (χ3v) is 3.95. The van der Waals surface area contributed by atoms with Crippen LogP contribution in [0.25, 0.3) is 0 Å². The number of nitrogens with one attached hydrogen (secondary N) is 1. The Labute approximate surface area is 96.2 Å². The number of sulfonamides is 1. The van der Waals surface area contributed by atoms with E-state index in [1.54, 1.807) is 0 Å². The molecular formula is C9H19N3O3S. The molecule has 1 rings (SSSR count). The minimum absolute atomic E-state index is 0.0797. The Morgan fingerprint density at radius 1 is 1.44 bits per heavy atom. The van der Waals surface area contributed by atoms with Gasteiger partial charge in [0.05, 0.1) is 12.3 Å². The number of piperidine rings is 1. The van der Waals surface area contributed by atoms with Gasteiger partial charge in [-0.25, -0.2) is 8.42 Å². The van der Waals surface area contributed by atoms with Crippen LogP contribution in [0, 0.1) is 0 Å². The molecule has 0 aromatic rings. The number of likely N-dealkylation sites (tertiary alicyclic amines) is 1. The van der Waals surface area contributed by atoms with Gasteiger partial charge in [0.25, 0.3) is 0 Å². The number of hydrogen-bond donors (Lipinski definition) is 2. The van der Waals surface area contributed by atoms with Gasteiger partial charge in [-0.1, -0.05) is 0 Å². The van der Waals surface area contributed by atoms with E-state index in [4.69, 9.17) is 5.73 Å². The second-order valence-electron chi connectivity index (χ2n) is 4.04. The van der Waals surface area contributed by atoms with Crippen molar-refractivity contribution >= 4 is 15.9 Å². The molecule has 0 unspecified atom stereocenters. The van der Waals surface area contributed by atoms with Gasteiger partial charge in [-0.15, -0.1) is 0 Å². The highest BCUT2D eigenvalue weighted by atomic mass is 32.2. The van der Waals surface area contributed by atoms with E-state index in [0.717, 1.165) is 25.9 Å². The second kappa shape index (κ2) is 5.60. The number of carbonyl (C=O) groups is 1. The van der Waals surface area contributed by atoms with Crippen molar-refractivity contribution in [1.82, 2.24) is 9.62 Å². The maximum atomic E-state index is 11.4. The van der Waals surface area contributed by atoms with E-state index < -0.39 is 15.9 Å². The topological polar surface area (TPSA) is 92.5 Å². The predicted octanol–water partition coefficient (Wildman–Crippen LogP) is -1.12. The quantitative estimate of drug-likeness (QED) is 0.658. The second-order valence-corrected chi connectivity index (χ2v) is 6.05. The fourth-order valence-corrected chi connectivity index (χ4v) is 2.15. The van der Waals surface area contributed by atoms with Crippen LogP contribution in [0.5, 0.6) is 0 Å². The molecule has 3 N–H and O–H groups in total. The van der Waals surface area contributed by atoms with E-state index in [2.05, 4.69) is 0 Å². The van der Waals surface area contributed by atoms with Crippen LogP contribution < -0.4 is 10.5 Å². The van der Waals surface area contributed by atoms with E-state index in [1.165, 1.54) is 6.92 Å². The van der Waals surface area contributed by atoms with Gasteiger partial charge in [0.1, 0.15) is 0 Å². The standard InChI is InChI=1S/C9H19N3O3S/c1-2-16(14,15)11-9(13)7-12-5-3-8(10)4-6-12/h8H,2-7,10H2,1H3,(H,11,13). The third-order valence-electron chi connectivity index (χ3n) is 2.65. The van der Waals surface area contributed by atoms with Crippen LogP contribution in [0.3, 0.4) is 0 Å². The van der Waals surface area contributed by atoms with E-state index in [1.807, 2.05) is 9.62 Å². The first kappa shape index (κ1) is 13.4. The normalized spacial score (nSPS) is 19.6. The lowest BCUT2D eigenvalue weighted by atomic mass is 10.1. The van der Waals surface area contributed by atoms with Crippen molar-refractivity contribution in [3.63, 3.8) is 0 Å². The van der Waals surface area contributed by atoms with Crippen LogP contribution in [0.4, 0.5) is 0 Å². The molecule has 6 nitrogen and oxygen atoms in total. The zero-order valence-electron chi connectivity index (χ0n) is 9.48. The average Bonchev–Trinajstić information content (AvgIpc) is 2.21. The van der Waals surface area contributed by atoms with Crippen LogP contribution in [0.15, 0.2) is 0 Å². The summed E-state index contributed by atoms with van der Waals surface area (Å²) in [6, 6.07) is 0.207. The van der Waals surface area contributed by atoms with E-state index in [0.29, 0.717) is 0 Å². The Kier molecular flexibility index (Phi) is 4.69. The maximum Gasteiger partial charge on any atom is 0.247 e. The molecular weight excluding hydrogens is 230 g/mol. The summed E-state index contributed by atoms with van der Waals surface area (Å²) in [5.41, 5.74) is 5.73. The van der Waals surface area contributed by atoms with Crippen molar-refractivity contribution in [2.24, 2.45) is 5.73 Å². The molecule has 0 atom stereocenters. The minimum atomic E-state index is -3.43. The van der Waals surface area contributed by atoms with Crippen LogP contribution in [0.2, 0.25) is 0 Å². The Balaban J connectivity index is 2.35. The largest absolute Gasteiger partial charge is 0.328 e. The highest BCUT2D eigenvalue weighted by Gasteiger charge is 2.20. The van der Waals surface area contributed by atoms with Gasteiger partial charge in [-0.05, 0) is 19.8 Å². The van der Waals surface area contributed by atoms with Crippen molar-refractivity contribution in [3.8, 4) is 0 Å². The fourth-order valence-electron chi connectivity index (χ4n) is 1.59. The lowest BCUT2D eigenvalue weighted by Crippen LogP contribution is -2.45. The summed E-state index contributed by atoms with van der Waals surface area (Å²) in [6.45, 7) is 3.13. The number of nitrogens with two attached hydrogens (primary N) is 1. The molecule has 1 fully saturated rings. The Bertz CT molecular complexity index is 334. The highest BCUT2D eigenvalue weighted by Crippen LogP contribution is 2.07. The molecule has 0 bridgehead atoms. The predicted molar refractivity (Wildman–Crippen MR) is 61.3 cm³/mol. The SMILES string of the molecule is CCS(=O)(=O)NC(=O)CN1CCC(N)CC1. The molecule has 1 heterocycles. The smallest absolute Gasteiger partial charge is 0.247 e. The average molecular weight is 249 g/mol. The molecule has 0 radical (unpaired) electrons. The summed E-state index contributed by atoms with van der Waals surface area (Å²) in [4.78, 5) is 13.3. The summed E-state index contributed by atoms with van der Waals surface area (Å²) in [5.74, 6) is -0.541. The first-order valence-electron chi connectivity index (χ1n) is 5.44. The number of amides is 1. The number of nitrogens with zero attached hydrogens (tertiary/aromatic N) is 1. The molecule has 7 heteroatoms. The molecule has 0 aliphatic carbocycles. The Morgan fingerprint density at radius 3 is 2.50 bits per heavy atom. The minimum Gasteiger partial charge on any atom is -0.328 e. The van der Waals surface area contributed by atoms with Gasteiger partial charge in [-0.3, -0.25) is 14.4 Å². The van der Waals surface area contributed by atoms with Crippen molar-refractivity contribution in [2.45, 2.75) is 25.8 Å². The van der Waals surface area contributed by atoms with Gasteiger partial charge in [0.2, 0.25) is 15.9 Å². The van der Waals surface area contributed by atoms with Crippen LogP contribution in [-0.2, 0) is 14.8 Å². The van der Waals surface area contributed by atoms with Crippen LogP contribution in [0.1, 0.15) is 19.8 Å². The summed E-state index contributed by atoms with van der Waals surface area (Å²) < 4.78 is 24.3. The van der Waals surface area contributed by atoms with Gasteiger partial charge < -0.3 is 5.73 Å². The van der Waals surface area contributed by atoms with Crippen molar-refractivity contribution in [1.29, 1.82) is 0 Å². The van der Waals surface area contributed by atoms with Gasteiger partial charge in [0, 0.05) is 19.1 Å². The molecule has 1 aliphatic heterocycles. The molecule has 16 heavy (non-hydrogen) atoms. The Hall–Kier alpha value is -0.660. The molecule has 0 saturated carbocycles. The highest BCUT2D eigenvalue weighted by molar-refractivity contribution is 7.90. The third kappa shape index (κ3) is 4.46. The number of rotatable bonds is 4. The number of carbonyl (C=O) groups excluding carboxylic acids is 1. The van der Waals surface area contributed by atoms with Crippen molar-refractivity contribution in [3.05, 3.63) is 0 Å². The zero-order chi connectivity index (χ0) is 12.2. The van der Waals surface area contributed by atoms with Crippen LogP contribution in [-0.4, -0.2) is 50.7 Å². The molecule has 0 spiro atoms. The fraction of sp³-hybridized carbons (Fsp3) is 0.889. The maximum absolute atomic E-state index is 11.4. The monoisotopic (exact) mass is 249 g/mol. The van der Waals surface area contributed by atoms with Gasteiger partial charge in [0.15, 0.2) is 0 Å². The summed E-state index contributed by atoms with van der Waals surface area (Å²) in [7, 11) is -3.43. The van der Waals surface area contributed by atoms with Crippen molar-refractivity contribution < 1.29 is 13.2 Å². The van der Waals surface area contributed by atoms with Gasteiger partial charge >= 0.3 is 0 Å². The van der Waals surface area contributed by atoms with Gasteiger partial charge in [-0.2, -0.15) is 0 Å². The zero-order valence-corrected chi connectivity index (χ0v) is 10.3. The molecule has 0 aromatic carbocycles. The summed E-state index contributed by atoms with van der Waals surface area (Å²) in [6.07, 6.45) is 1.71. The van der Waals surface area contributed by atoms with E-state index in [-0.39, 0.29) is 18.3 Å².